The van der Waals surface area contributed by atoms with Crippen molar-refractivity contribution in [3.63, 3.8) is 0 Å². The molecule has 0 aromatic carbocycles. The van der Waals surface area contributed by atoms with Crippen molar-refractivity contribution < 1.29 is 0 Å². The predicted molar refractivity (Wildman–Crippen MR) is 47.4 cm³/mol. The first-order valence-electron chi connectivity index (χ1n) is 3.86. The Bertz CT molecular complexity index is 132. The molecule has 0 aromatic rings. The second-order valence-corrected chi connectivity index (χ2v) is 2.77. The Labute approximate surface area is 63.9 Å². The van der Waals surface area contributed by atoms with Crippen LogP contribution in [-0.4, -0.2) is 6.21 Å². The van der Waals surface area contributed by atoms with E-state index in [1.165, 1.54) is 5.57 Å². The first-order chi connectivity index (χ1) is 4.68. The highest BCUT2D eigenvalue weighted by atomic mass is 14.7. The van der Waals surface area contributed by atoms with Crippen LogP contribution in [0.5, 0.6) is 0 Å². The van der Waals surface area contributed by atoms with Crippen molar-refractivity contribution >= 4 is 6.21 Å². The maximum Gasteiger partial charge on any atom is 0.0255 e. The van der Waals surface area contributed by atoms with Crippen molar-refractivity contribution in [1.29, 1.82) is 0 Å². The molecule has 0 rings (SSSR count). The monoisotopic (exact) mass is 139 g/mol. The minimum atomic E-state index is 0.619. The maximum absolute atomic E-state index is 4.12. The van der Waals surface area contributed by atoms with Crippen LogP contribution in [0.2, 0.25) is 0 Å². The molecular formula is C9H17N. The van der Waals surface area contributed by atoms with Crippen LogP contribution in [0.4, 0.5) is 0 Å². The largest absolute Gasteiger partial charge is 0.269 e. The lowest BCUT2D eigenvalue weighted by Crippen LogP contribution is -1.86. The van der Waals surface area contributed by atoms with Gasteiger partial charge in [0, 0.05) is 12.4 Å². The van der Waals surface area contributed by atoms with E-state index >= 15 is 0 Å². The standard InChI is InChI=1S/C9H17N/c1-5-6-10-7-9(4)8(2)3/h6-8H,5H2,1-4H3/b9-7+,10-6-. The third-order valence-electron chi connectivity index (χ3n) is 1.48. The van der Waals surface area contributed by atoms with E-state index in [0.717, 1.165) is 6.42 Å². The molecule has 0 fully saturated rings. The maximum atomic E-state index is 4.12. The van der Waals surface area contributed by atoms with Gasteiger partial charge in [-0.2, -0.15) is 0 Å². The van der Waals surface area contributed by atoms with Crippen molar-refractivity contribution in [3.05, 3.63) is 11.8 Å². The summed E-state index contributed by atoms with van der Waals surface area (Å²) < 4.78 is 0. The van der Waals surface area contributed by atoms with Gasteiger partial charge in [0.2, 0.25) is 0 Å². The number of nitrogens with zero attached hydrogens (tertiary/aromatic N) is 1. The minimum Gasteiger partial charge on any atom is -0.269 e. The van der Waals surface area contributed by atoms with Crippen LogP contribution in [-0.2, 0) is 0 Å². The van der Waals surface area contributed by atoms with Gasteiger partial charge in [0.05, 0.1) is 0 Å². The normalized spacial score (nSPS) is 13.5. The van der Waals surface area contributed by atoms with Gasteiger partial charge in [0.1, 0.15) is 0 Å². The zero-order valence-corrected chi connectivity index (χ0v) is 7.39. The van der Waals surface area contributed by atoms with Crippen molar-refractivity contribution in [1.82, 2.24) is 0 Å². The molecule has 0 amide bonds. The van der Waals surface area contributed by atoms with E-state index in [0.29, 0.717) is 5.92 Å². The van der Waals surface area contributed by atoms with Crippen LogP contribution in [0.3, 0.4) is 0 Å². The van der Waals surface area contributed by atoms with E-state index in [2.05, 4.69) is 32.7 Å². The molecule has 10 heavy (non-hydrogen) atoms. The fourth-order valence-electron chi connectivity index (χ4n) is 0.425. The number of hydrogen-bond acceptors (Lipinski definition) is 1. The quantitative estimate of drug-likeness (QED) is 0.533. The van der Waals surface area contributed by atoms with Gasteiger partial charge in [-0.15, -0.1) is 0 Å². The fourth-order valence-corrected chi connectivity index (χ4v) is 0.425. The van der Waals surface area contributed by atoms with E-state index < -0.39 is 0 Å². The van der Waals surface area contributed by atoms with Gasteiger partial charge in [-0.25, -0.2) is 0 Å². The molecule has 0 bridgehead atoms. The number of allylic oxidation sites excluding steroid dienone is 1. The Morgan fingerprint density at radius 2 is 2.10 bits per heavy atom. The van der Waals surface area contributed by atoms with Gasteiger partial charge >= 0.3 is 0 Å². The molecule has 0 aromatic heterocycles. The van der Waals surface area contributed by atoms with Crippen LogP contribution in [0.15, 0.2) is 16.8 Å². The van der Waals surface area contributed by atoms with Gasteiger partial charge in [0.15, 0.2) is 0 Å². The van der Waals surface area contributed by atoms with E-state index in [-0.39, 0.29) is 0 Å². The van der Waals surface area contributed by atoms with Crippen LogP contribution in [0.1, 0.15) is 34.1 Å². The topological polar surface area (TPSA) is 12.4 Å². The van der Waals surface area contributed by atoms with E-state index in [4.69, 9.17) is 0 Å². The van der Waals surface area contributed by atoms with Gasteiger partial charge in [0.25, 0.3) is 0 Å². The van der Waals surface area contributed by atoms with Crippen LogP contribution >= 0.6 is 0 Å². The number of aliphatic imine (C=N–C) groups is 1. The Morgan fingerprint density at radius 3 is 2.50 bits per heavy atom. The smallest absolute Gasteiger partial charge is 0.0255 e. The molecule has 0 saturated carbocycles. The molecule has 0 aliphatic heterocycles. The summed E-state index contributed by atoms with van der Waals surface area (Å²) in [5.41, 5.74) is 1.34. The lowest BCUT2D eigenvalue weighted by atomic mass is 10.1. The van der Waals surface area contributed by atoms with Crippen molar-refractivity contribution in [3.8, 4) is 0 Å². The van der Waals surface area contributed by atoms with Gasteiger partial charge in [-0.05, 0) is 19.3 Å². The van der Waals surface area contributed by atoms with E-state index in [1.54, 1.807) is 0 Å². The Balaban J connectivity index is 3.79. The molecule has 0 aliphatic rings. The molecule has 0 N–H and O–H groups in total. The van der Waals surface area contributed by atoms with Crippen molar-refractivity contribution in [2.75, 3.05) is 0 Å². The highest BCUT2D eigenvalue weighted by Crippen LogP contribution is 2.06. The molecule has 58 valence electrons. The SMILES string of the molecule is CC/C=N\C=C(/C)C(C)C. The zero-order valence-electron chi connectivity index (χ0n) is 7.39. The third kappa shape index (κ3) is 4.30. The minimum absolute atomic E-state index is 0.619. The van der Waals surface area contributed by atoms with Crippen molar-refractivity contribution in [2.45, 2.75) is 34.1 Å². The molecule has 0 atom stereocenters. The van der Waals surface area contributed by atoms with Crippen LogP contribution in [0.25, 0.3) is 0 Å². The highest BCUT2D eigenvalue weighted by Gasteiger charge is 1.92. The van der Waals surface area contributed by atoms with E-state index in [1.807, 2.05) is 12.4 Å². The predicted octanol–water partition coefficient (Wildman–Crippen LogP) is 3.03. The summed E-state index contributed by atoms with van der Waals surface area (Å²) >= 11 is 0. The lowest BCUT2D eigenvalue weighted by Gasteiger charge is -2.00. The molecule has 0 heterocycles. The average molecular weight is 139 g/mol. The lowest BCUT2D eigenvalue weighted by molar-refractivity contribution is 0.766. The summed E-state index contributed by atoms with van der Waals surface area (Å²) in [5.74, 6) is 0.619. The molecule has 0 unspecified atom stereocenters. The molecule has 0 radical (unpaired) electrons. The van der Waals surface area contributed by atoms with Crippen LogP contribution < -0.4 is 0 Å². The zero-order chi connectivity index (χ0) is 7.98. The summed E-state index contributed by atoms with van der Waals surface area (Å²) in [7, 11) is 0. The molecule has 0 spiro atoms. The van der Waals surface area contributed by atoms with Crippen LogP contribution in [0, 0.1) is 5.92 Å². The highest BCUT2D eigenvalue weighted by molar-refractivity contribution is 5.57. The summed E-state index contributed by atoms with van der Waals surface area (Å²) in [5, 5.41) is 0. The Kier molecular flexibility index (Phi) is 4.91. The number of hydrogen-bond donors (Lipinski definition) is 0. The third-order valence-corrected chi connectivity index (χ3v) is 1.48. The molecule has 0 saturated heterocycles. The molecular weight excluding hydrogens is 122 g/mol. The number of rotatable bonds is 3. The average Bonchev–Trinajstić information content (AvgIpc) is 1.88. The Morgan fingerprint density at radius 1 is 1.50 bits per heavy atom. The first-order valence-corrected chi connectivity index (χ1v) is 3.86. The summed E-state index contributed by atoms with van der Waals surface area (Å²) in [6.07, 6.45) is 4.88. The van der Waals surface area contributed by atoms with Gasteiger partial charge < -0.3 is 0 Å². The van der Waals surface area contributed by atoms with Crippen molar-refractivity contribution in [2.24, 2.45) is 10.9 Å². The Hall–Kier alpha value is -0.590. The molecule has 0 aliphatic carbocycles. The summed E-state index contributed by atoms with van der Waals surface area (Å²) in [4.78, 5) is 4.12. The summed E-state index contributed by atoms with van der Waals surface area (Å²) in [6, 6.07) is 0. The van der Waals surface area contributed by atoms with Gasteiger partial charge in [-0.3, -0.25) is 4.99 Å². The second-order valence-electron chi connectivity index (χ2n) is 2.77. The molecule has 1 heteroatoms. The second kappa shape index (κ2) is 5.21. The van der Waals surface area contributed by atoms with E-state index in [9.17, 15) is 0 Å². The van der Waals surface area contributed by atoms with Gasteiger partial charge in [-0.1, -0.05) is 26.3 Å². The fraction of sp³-hybridized carbons (Fsp3) is 0.667. The summed E-state index contributed by atoms with van der Waals surface area (Å²) in [6.45, 7) is 8.54. The first kappa shape index (κ1) is 9.41. The molecule has 1 nitrogen and oxygen atoms in total.